The Kier molecular flexibility index (Phi) is 6.77. The Morgan fingerprint density at radius 3 is 2.83 bits per heavy atom. The van der Waals surface area contributed by atoms with Gasteiger partial charge in [0.25, 0.3) is 0 Å². The molecule has 0 atom stereocenters. The van der Waals surface area contributed by atoms with Gasteiger partial charge in [0.1, 0.15) is 0 Å². The van der Waals surface area contributed by atoms with Crippen molar-refractivity contribution in [3.05, 3.63) is 18.0 Å². The smallest absolute Gasteiger partial charge is 0.242 e. The molecule has 5 nitrogen and oxygen atoms in total. The summed E-state index contributed by atoms with van der Waals surface area (Å²) < 4.78 is 26.5. The summed E-state index contributed by atoms with van der Waals surface area (Å²) in [6.07, 6.45) is 5.47. The summed E-state index contributed by atoms with van der Waals surface area (Å²) in [6, 6.07) is 1.65. The van der Waals surface area contributed by atoms with Crippen LogP contribution in [0.25, 0.3) is 0 Å². The molecule has 0 radical (unpaired) electrons. The van der Waals surface area contributed by atoms with Gasteiger partial charge in [-0.15, -0.1) is 0 Å². The molecule has 1 heterocycles. The number of thioether (sulfide) groups is 1. The van der Waals surface area contributed by atoms with Gasteiger partial charge < -0.3 is 10.3 Å². The molecule has 18 heavy (non-hydrogen) atoms. The number of hydrogen-bond acceptors (Lipinski definition) is 4. The van der Waals surface area contributed by atoms with Gasteiger partial charge in [-0.05, 0) is 38.0 Å². The minimum absolute atomic E-state index is 0.303. The van der Waals surface area contributed by atoms with Crippen molar-refractivity contribution in [1.82, 2.24) is 15.0 Å². The van der Waals surface area contributed by atoms with E-state index in [9.17, 15) is 8.42 Å². The Balaban J connectivity index is 2.46. The lowest BCUT2D eigenvalue weighted by Gasteiger charge is -2.04. The van der Waals surface area contributed by atoms with E-state index in [-0.39, 0.29) is 0 Å². The van der Waals surface area contributed by atoms with Gasteiger partial charge in [-0.3, -0.25) is 0 Å². The standard InChI is InChI=1S/C11H21N3O2S2/c1-12-8-10-7-11(9-13-10)18(15,16)14-5-3-4-6-17-2/h7,9,12-14H,3-6,8H2,1-2H3. The number of nitrogens with one attached hydrogen (secondary N) is 3. The summed E-state index contributed by atoms with van der Waals surface area (Å²) in [7, 11) is -1.54. The molecule has 0 aliphatic heterocycles. The summed E-state index contributed by atoms with van der Waals surface area (Å²) in [6.45, 7) is 1.12. The van der Waals surface area contributed by atoms with E-state index >= 15 is 0 Å². The Labute approximate surface area is 113 Å². The summed E-state index contributed by atoms with van der Waals surface area (Å²) in [5, 5.41) is 2.97. The largest absolute Gasteiger partial charge is 0.363 e. The highest BCUT2D eigenvalue weighted by molar-refractivity contribution is 7.98. The number of aromatic amines is 1. The first-order chi connectivity index (χ1) is 8.60. The van der Waals surface area contributed by atoms with Gasteiger partial charge in [0.2, 0.25) is 10.0 Å². The molecule has 0 spiro atoms. The van der Waals surface area contributed by atoms with Crippen LogP contribution in [0, 0.1) is 0 Å². The van der Waals surface area contributed by atoms with Crippen LogP contribution in [-0.4, -0.2) is 39.0 Å². The van der Waals surface area contributed by atoms with Crippen LogP contribution in [0.15, 0.2) is 17.2 Å². The zero-order valence-corrected chi connectivity index (χ0v) is 12.5. The highest BCUT2D eigenvalue weighted by atomic mass is 32.2. The first-order valence-electron chi connectivity index (χ1n) is 5.90. The molecule has 104 valence electrons. The number of aromatic nitrogens is 1. The van der Waals surface area contributed by atoms with Crippen LogP contribution in [-0.2, 0) is 16.6 Å². The van der Waals surface area contributed by atoms with Crippen molar-refractivity contribution in [2.45, 2.75) is 24.3 Å². The Hall–Kier alpha value is -0.500. The molecular weight excluding hydrogens is 270 g/mol. The van der Waals surface area contributed by atoms with E-state index in [1.54, 1.807) is 17.8 Å². The maximum absolute atomic E-state index is 11.9. The molecule has 0 bridgehead atoms. The quantitative estimate of drug-likeness (QED) is 0.597. The van der Waals surface area contributed by atoms with Crippen molar-refractivity contribution in [2.75, 3.05) is 25.6 Å². The Bertz CT molecular complexity index is 443. The normalized spacial score (nSPS) is 11.9. The molecule has 1 aromatic rings. The van der Waals surface area contributed by atoms with Gasteiger partial charge >= 0.3 is 0 Å². The molecule has 1 rings (SSSR count). The third kappa shape index (κ3) is 5.01. The van der Waals surface area contributed by atoms with Crippen LogP contribution < -0.4 is 10.0 Å². The molecule has 0 unspecified atom stereocenters. The molecule has 0 saturated carbocycles. The van der Waals surface area contributed by atoms with Crippen LogP contribution in [0.1, 0.15) is 18.5 Å². The molecule has 0 fully saturated rings. The molecule has 0 amide bonds. The van der Waals surface area contributed by atoms with E-state index < -0.39 is 10.0 Å². The average Bonchev–Trinajstić information content (AvgIpc) is 2.79. The Morgan fingerprint density at radius 1 is 1.39 bits per heavy atom. The first-order valence-corrected chi connectivity index (χ1v) is 8.78. The van der Waals surface area contributed by atoms with Crippen LogP contribution in [0.4, 0.5) is 0 Å². The topological polar surface area (TPSA) is 74.0 Å². The molecule has 3 N–H and O–H groups in total. The highest BCUT2D eigenvalue weighted by Gasteiger charge is 2.14. The van der Waals surface area contributed by atoms with Crippen molar-refractivity contribution >= 4 is 21.8 Å². The Morgan fingerprint density at radius 2 is 2.17 bits per heavy atom. The predicted molar refractivity (Wildman–Crippen MR) is 76.4 cm³/mol. The molecule has 7 heteroatoms. The van der Waals surface area contributed by atoms with Gasteiger partial charge in [-0.2, -0.15) is 11.8 Å². The number of hydrogen-bond donors (Lipinski definition) is 3. The van der Waals surface area contributed by atoms with E-state index in [2.05, 4.69) is 15.0 Å². The summed E-state index contributed by atoms with van der Waals surface area (Å²) >= 11 is 1.78. The minimum atomic E-state index is -3.36. The van der Waals surface area contributed by atoms with E-state index in [0.717, 1.165) is 24.3 Å². The lowest BCUT2D eigenvalue weighted by molar-refractivity contribution is 0.578. The van der Waals surface area contributed by atoms with Gasteiger partial charge in [0.05, 0.1) is 4.90 Å². The second-order valence-electron chi connectivity index (χ2n) is 3.99. The molecule has 1 aromatic heterocycles. The second-order valence-corrected chi connectivity index (χ2v) is 6.74. The van der Waals surface area contributed by atoms with Crippen molar-refractivity contribution in [1.29, 1.82) is 0 Å². The third-order valence-electron chi connectivity index (χ3n) is 2.46. The zero-order chi connectivity index (χ0) is 13.4. The lowest BCUT2D eigenvalue weighted by Crippen LogP contribution is -2.24. The summed E-state index contributed by atoms with van der Waals surface area (Å²) in [4.78, 5) is 3.24. The molecular formula is C11H21N3O2S2. The highest BCUT2D eigenvalue weighted by Crippen LogP contribution is 2.10. The summed E-state index contributed by atoms with van der Waals surface area (Å²) in [5.41, 5.74) is 0.861. The van der Waals surface area contributed by atoms with Crippen LogP contribution in [0.3, 0.4) is 0 Å². The van der Waals surface area contributed by atoms with Crippen molar-refractivity contribution in [3.63, 3.8) is 0 Å². The van der Waals surface area contributed by atoms with Gasteiger partial charge in [0, 0.05) is 25.0 Å². The fourth-order valence-electron chi connectivity index (χ4n) is 1.53. The van der Waals surface area contributed by atoms with E-state index in [4.69, 9.17) is 0 Å². The first kappa shape index (κ1) is 15.6. The zero-order valence-electron chi connectivity index (χ0n) is 10.8. The average molecular weight is 291 g/mol. The second kappa shape index (κ2) is 7.83. The molecule has 0 saturated heterocycles. The minimum Gasteiger partial charge on any atom is -0.363 e. The van der Waals surface area contributed by atoms with Crippen LogP contribution in [0.5, 0.6) is 0 Å². The number of unbranched alkanes of at least 4 members (excludes halogenated alkanes) is 1. The molecule has 0 aliphatic carbocycles. The maximum atomic E-state index is 11.9. The fourth-order valence-corrected chi connectivity index (χ4v) is 3.11. The van der Waals surface area contributed by atoms with Crippen molar-refractivity contribution < 1.29 is 8.42 Å². The van der Waals surface area contributed by atoms with E-state index in [1.165, 1.54) is 6.20 Å². The molecule has 0 aliphatic rings. The van der Waals surface area contributed by atoms with Gasteiger partial charge in [-0.1, -0.05) is 0 Å². The van der Waals surface area contributed by atoms with E-state index in [1.807, 2.05) is 13.3 Å². The van der Waals surface area contributed by atoms with Crippen LogP contribution in [0.2, 0.25) is 0 Å². The number of H-pyrrole nitrogens is 1. The van der Waals surface area contributed by atoms with Gasteiger partial charge in [0.15, 0.2) is 0 Å². The lowest BCUT2D eigenvalue weighted by atomic mass is 10.3. The number of rotatable bonds is 9. The molecule has 0 aromatic carbocycles. The predicted octanol–water partition coefficient (Wildman–Crippen LogP) is 1.16. The van der Waals surface area contributed by atoms with E-state index in [0.29, 0.717) is 18.0 Å². The monoisotopic (exact) mass is 291 g/mol. The van der Waals surface area contributed by atoms with Crippen molar-refractivity contribution in [3.8, 4) is 0 Å². The number of sulfonamides is 1. The third-order valence-corrected chi connectivity index (χ3v) is 4.60. The SMILES string of the molecule is CNCc1cc(S(=O)(=O)NCCCCSC)c[nH]1. The van der Waals surface area contributed by atoms with Gasteiger partial charge in [-0.25, -0.2) is 13.1 Å². The summed E-state index contributed by atoms with van der Waals surface area (Å²) in [5.74, 6) is 1.07. The van der Waals surface area contributed by atoms with Crippen LogP contribution >= 0.6 is 11.8 Å². The van der Waals surface area contributed by atoms with Crippen molar-refractivity contribution in [2.24, 2.45) is 0 Å². The fraction of sp³-hybridized carbons (Fsp3) is 0.636. The maximum Gasteiger partial charge on any atom is 0.242 e.